The lowest BCUT2D eigenvalue weighted by Crippen LogP contribution is -2.48. The molecule has 2 unspecified atom stereocenters. The number of amides is 1. The third-order valence-corrected chi connectivity index (χ3v) is 3.69. The summed E-state index contributed by atoms with van der Waals surface area (Å²) in [7, 11) is 0. The van der Waals surface area contributed by atoms with Crippen LogP contribution in [0.4, 0.5) is 0 Å². The fourth-order valence-corrected chi connectivity index (χ4v) is 2.82. The van der Waals surface area contributed by atoms with Gasteiger partial charge in [-0.2, -0.15) is 5.10 Å². The van der Waals surface area contributed by atoms with E-state index in [4.69, 9.17) is 20.8 Å². The molecule has 118 valence electrons. The average molecular weight is 324 g/mol. The largest absolute Gasteiger partial charge is 0.454 e. The van der Waals surface area contributed by atoms with E-state index < -0.39 is 0 Å². The molecule has 1 saturated heterocycles. The van der Waals surface area contributed by atoms with Crippen molar-refractivity contribution in [2.24, 2.45) is 0 Å². The van der Waals surface area contributed by atoms with Crippen LogP contribution in [0, 0.1) is 0 Å². The molecule has 0 spiro atoms. The van der Waals surface area contributed by atoms with E-state index in [-0.39, 0.29) is 18.1 Å². The summed E-state index contributed by atoms with van der Waals surface area (Å²) in [6, 6.07) is 3.49. The molecule has 1 aliphatic heterocycles. The molecule has 2 aromatic heterocycles. The molecular formula is C15H18ClN3O3. The number of hydrogen-bond donors (Lipinski definition) is 0. The molecular weight excluding hydrogens is 306 g/mol. The van der Waals surface area contributed by atoms with Crippen LogP contribution in [-0.2, 0) is 11.3 Å². The molecule has 2 atom stereocenters. The summed E-state index contributed by atoms with van der Waals surface area (Å²) in [5.74, 6) is 0.902. The van der Waals surface area contributed by atoms with Gasteiger partial charge in [-0.3, -0.25) is 9.48 Å². The van der Waals surface area contributed by atoms with Gasteiger partial charge in [0.15, 0.2) is 5.76 Å². The molecule has 3 heterocycles. The summed E-state index contributed by atoms with van der Waals surface area (Å²) in [6.07, 6.45) is 3.34. The van der Waals surface area contributed by atoms with Gasteiger partial charge >= 0.3 is 0 Å². The number of aromatic nitrogens is 2. The van der Waals surface area contributed by atoms with Crippen molar-refractivity contribution in [2.45, 2.75) is 32.6 Å². The number of morpholine rings is 1. The van der Waals surface area contributed by atoms with Crippen LogP contribution in [0.25, 0.3) is 0 Å². The molecule has 0 radical (unpaired) electrons. The van der Waals surface area contributed by atoms with Crippen LogP contribution in [0.15, 0.2) is 28.9 Å². The second-order valence-electron chi connectivity index (χ2n) is 5.59. The predicted octanol–water partition coefficient (Wildman–Crippen LogP) is 2.43. The maximum atomic E-state index is 12.5. The van der Waals surface area contributed by atoms with Gasteiger partial charge < -0.3 is 14.1 Å². The lowest BCUT2D eigenvalue weighted by molar-refractivity contribution is -0.0592. The van der Waals surface area contributed by atoms with E-state index in [1.165, 1.54) is 0 Å². The fourth-order valence-electron chi connectivity index (χ4n) is 2.66. The maximum Gasteiger partial charge on any atom is 0.289 e. The van der Waals surface area contributed by atoms with Crippen LogP contribution >= 0.6 is 11.6 Å². The molecule has 0 N–H and O–H groups in total. The smallest absolute Gasteiger partial charge is 0.289 e. The minimum absolute atomic E-state index is 0.0355. The normalized spacial score (nSPS) is 22.0. The van der Waals surface area contributed by atoms with Crippen LogP contribution < -0.4 is 0 Å². The number of nitrogens with zero attached hydrogens (tertiary/aromatic N) is 3. The predicted molar refractivity (Wildman–Crippen MR) is 81.0 cm³/mol. The van der Waals surface area contributed by atoms with Crippen molar-refractivity contribution < 1.29 is 13.9 Å². The van der Waals surface area contributed by atoms with Crippen molar-refractivity contribution in [1.82, 2.24) is 14.7 Å². The Morgan fingerprint density at radius 3 is 2.73 bits per heavy atom. The minimum atomic E-state index is -0.105. The Labute approximate surface area is 133 Å². The number of halogens is 1. The van der Waals surface area contributed by atoms with Crippen LogP contribution in [0.2, 0.25) is 5.02 Å². The highest BCUT2D eigenvalue weighted by Gasteiger charge is 2.28. The monoisotopic (exact) mass is 323 g/mol. The van der Waals surface area contributed by atoms with Gasteiger partial charge in [-0.1, -0.05) is 11.6 Å². The third kappa shape index (κ3) is 3.34. The molecule has 2 aromatic rings. The van der Waals surface area contributed by atoms with Gasteiger partial charge in [-0.15, -0.1) is 0 Å². The van der Waals surface area contributed by atoms with Crippen molar-refractivity contribution in [2.75, 3.05) is 13.1 Å². The van der Waals surface area contributed by atoms with Gasteiger partial charge in [-0.25, -0.2) is 0 Å². The first-order valence-electron chi connectivity index (χ1n) is 7.22. The van der Waals surface area contributed by atoms with E-state index in [0.29, 0.717) is 36.2 Å². The molecule has 0 saturated carbocycles. The van der Waals surface area contributed by atoms with Crippen molar-refractivity contribution in [3.63, 3.8) is 0 Å². The van der Waals surface area contributed by atoms with Gasteiger partial charge in [0, 0.05) is 19.3 Å². The summed E-state index contributed by atoms with van der Waals surface area (Å²) in [5.41, 5.74) is 0. The second kappa shape index (κ2) is 6.14. The van der Waals surface area contributed by atoms with E-state index in [1.54, 1.807) is 34.1 Å². The van der Waals surface area contributed by atoms with E-state index in [9.17, 15) is 4.79 Å². The van der Waals surface area contributed by atoms with Crippen molar-refractivity contribution >= 4 is 17.5 Å². The van der Waals surface area contributed by atoms with Gasteiger partial charge in [0.1, 0.15) is 5.76 Å². The molecule has 7 heteroatoms. The quantitative estimate of drug-likeness (QED) is 0.870. The molecule has 0 bridgehead atoms. The van der Waals surface area contributed by atoms with Gasteiger partial charge in [0.25, 0.3) is 5.91 Å². The lowest BCUT2D eigenvalue weighted by atomic mass is 10.2. The first-order chi connectivity index (χ1) is 10.5. The lowest BCUT2D eigenvalue weighted by Gasteiger charge is -2.34. The Bertz CT molecular complexity index is 657. The Hall–Kier alpha value is -1.79. The van der Waals surface area contributed by atoms with E-state index in [1.807, 2.05) is 13.8 Å². The number of hydrogen-bond acceptors (Lipinski definition) is 4. The topological polar surface area (TPSA) is 60.5 Å². The first-order valence-corrected chi connectivity index (χ1v) is 7.60. The minimum Gasteiger partial charge on any atom is -0.454 e. The number of furan rings is 1. The van der Waals surface area contributed by atoms with Gasteiger partial charge in [-0.05, 0) is 26.0 Å². The summed E-state index contributed by atoms with van der Waals surface area (Å²) < 4.78 is 12.9. The SMILES string of the molecule is CC1CN(C(=O)c2ccc(Cn3cc(Cl)cn3)o2)CC(C)O1. The Morgan fingerprint density at radius 2 is 2.09 bits per heavy atom. The highest BCUT2D eigenvalue weighted by molar-refractivity contribution is 6.30. The first kappa shape index (κ1) is 15.1. The summed E-state index contributed by atoms with van der Waals surface area (Å²) in [4.78, 5) is 14.3. The Kier molecular flexibility index (Phi) is 4.22. The van der Waals surface area contributed by atoms with E-state index in [2.05, 4.69) is 5.10 Å². The van der Waals surface area contributed by atoms with Crippen LogP contribution in [0.1, 0.15) is 30.2 Å². The zero-order chi connectivity index (χ0) is 15.7. The Morgan fingerprint density at radius 1 is 1.36 bits per heavy atom. The maximum absolute atomic E-state index is 12.5. The Balaban J connectivity index is 1.68. The van der Waals surface area contributed by atoms with E-state index in [0.717, 1.165) is 0 Å². The number of rotatable bonds is 3. The van der Waals surface area contributed by atoms with Crippen molar-refractivity contribution in [1.29, 1.82) is 0 Å². The molecule has 6 nitrogen and oxygen atoms in total. The zero-order valence-electron chi connectivity index (χ0n) is 12.5. The van der Waals surface area contributed by atoms with Crippen molar-refractivity contribution in [3.05, 3.63) is 41.1 Å². The molecule has 22 heavy (non-hydrogen) atoms. The van der Waals surface area contributed by atoms with Crippen LogP contribution in [0.5, 0.6) is 0 Å². The molecule has 1 amide bonds. The van der Waals surface area contributed by atoms with Crippen molar-refractivity contribution in [3.8, 4) is 0 Å². The molecule has 1 aliphatic rings. The molecule has 3 rings (SSSR count). The molecule has 0 aliphatic carbocycles. The summed E-state index contributed by atoms with van der Waals surface area (Å²) in [5, 5.41) is 4.66. The fraction of sp³-hybridized carbons (Fsp3) is 0.467. The molecule has 1 fully saturated rings. The van der Waals surface area contributed by atoms with Crippen LogP contribution in [0.3, 0.4) is 0 Å². The standard InChI is InChI=1S/C15H18ClN3O3/c1-10-6-18(7-11(2)21-10)15(20)14-4-3-13(22-14)9-19-8-12(16)5-17-19/h3-5,8,10-11H,6-7,9H2,1-2H3. The number of carbonyl (C=O) groups is 1. The summed E-state index contributed by atoms with van der Waals surface area (Å²) >= 11 is 5.82. The average Bonchev–Trinajstić information content (AvgIpc) is 3.07. The van der Waals surface area contributed by atoms with Gasteiger partial charge in [0.05, 0.1) is 30.0 Å². The highest BCUT2D eigenvalue weighted by atomic mass is 35.5. The number of ether oxygens (including phenoxy) is 1. The number of carbonyl (C=O) groups excluding carboxylic acids is 1. The third-order valence-electron chi connectivity index (χ3n) is 3.50. The van der Waals surface area contributed by atoms with Gasteiger partial charge in [0.2, 0.25) is 0 Å². The zero-order valence-corrected chi connectivity index (χ0v) is 13.3. The van der Waals surface area contributed by atoms with E-state index >= 15 is 0 Å². The summed E-state index contributed by atoms with van der Waals surface area (Å²) in [6.45, 7) is 5.52. The molecule has 0 aromatic carbocycles. The second-order valence-corrected chi connectivity index (χ2v) is 6.03. The van der Waals surface area contributed by atoms with Crippen LogP contribution in [-0.4, -0.2) is 45.9 Å². The highest BCUT2D eigenvalue weighted by Crippen LogP contribution is 2.17.